The van der Waals surface area contributed by atoms with Gasteiger partial charge in [-0.15, -0.1) is 0 Å². The first-order chi connectivity index (χ1) is 15.7. The number of rotatable bonds is 10. The Bertz CT molecular complexity index is 1020. The fraction of sp³-hybridized carbons (Fsp3) is 0.250. The largest absolute Gasteiger partial charge is 0.493 e. The number of aromatic nitrogens is 1. The molecule has 1 heterocycles. The van der Waals surface area contributed by atoms with Crippen LogP contribution in [0.2, 0.25) is 0 Å². The highest BCUT2D eigenvalue weighted by atomic mass is 19.1. The van der Waals surface area contributed by atoms with E-state index in [9.17, 15) is 4.39 Å². The zero-order valence-electron chi connectivity index (χ0n) is 18.2. The highest BCUT2D eigenvalue weighted by Gasteiger charge is 2.08. The molecule has 2 aromatic carbocycles. The Hall–Kier alpha value is -3.65. The van der Waals surface area contributed by atoms with Gasteiger partial charge in [0.05, 0.1) is 12.8 Å². The average molecular weight is 439 g/mol. The van der Waals surface area contributed by atoms with Gasteiger partial charge in [0.1, 0.15) is 11.5 Å². The quantitative estimate of drug-likeness (QED) is 0.273. The van der Waals surface area contributed by atoms with Gasteiger partial charge < -0.3 is 24.8 Å². The lowest BCUT2D eigenvalue weighted by atomic mass is 10.2. The van der Waals surface area contributed by atoms with Gasteiger partial charge in [-0.3, -0.25) is 9.98 Å². The highest BCUT2D eigenvalue weighted by molar-refractivity contribution is 5.93. The molecule has 0 fully saturated rings. The van der Waals surface area contributed by atoms with E-state index in [4.69, 9.17) is 14.2 Å². The smallest absolute Gasteiger partial charge is 0.195 e. The molecule has 0 unspecified atom stereocenters. The summed E-state index contributed by atoms with van der Waals surface area (Å²) in [6, 6.07) is 15.9. The Kier molecular flexibility index (Phi) is 8.82. The second-order valence-electron chi connectivity index (χ2n) is 6.83. The zero-order chi connectivity index (χ0) is 22.6. The SMILES string of the molecule is CN=C(NCc1ccc(Oc2cccnc2)c(F)c1)Nc1cccc(OCCCOC)c1. The highest BCUT2D eigenvalue weighted by Crippen LogP contribution is 2.24. The molecule has 0 amide bonds. The summed E-state index contributed by atoms with van der Waals surface area (Å²) in [5.74, 6) is 1.48. The Labute approximate surface area is 187 Å². The summed E-state index contributed by atoms with van der Waals surface area (Å²) in [6.07, 6.45) is 3.98. The van der Waals surface area contributed by atoms with Crippen LogP contribution in [0.3, 0.4) is 0 Å². The van der Waals surface area contributed by atoms with Gasteiger partial charge in [0.2, 0.25) is 0 Å². The van der Waals surface area contributed by atoms with E-state index in [2.05, 4.69) is 20.6 Å². The third kappa shape index (κ3) is 7.24. The predicted octanol–water partition coefficient (Wildman–Crippen LogP) is 4.62. The van der Waals surface area contributed by atoms with Crippen molar-refractivity contribution >= 4 is 11.6 Å². The molecule has 0 aliphatic carbocycles. The van der Waals surface area contributed by atoms with Crippen molar-refractivity contribution in [3.05, 3.63) is 78.4 Å². The monoisotopic (exact) mass is 438 g/mol. The van der Waals surface area contributed by atoms with Crippen molar-refractivity contribution in [2.75, 3.05) is 32.7 Å². The number of hydrogen-bond acceptors (Lipinski definition) is 5. The van der Waals surface area contributed by atoms with Crippen molar-refractivity contribution in [2.24, 2.45) is 4.99 Å². The molecule has 0 atom stereocenters. The van der Waals surface area contributed by atoms with Crippen LogP contribution in [-0.4, -0.2) is 38.3 Å². The Morgan fingerprint density at radius 2 is 1.94 bits per heavy atom. The number of methoxy groups -OCH3 is 1. The van der Waals surface area contributed by atoms with Crippen LogP contribution in [-0.2, 0) is 11.3 Å². The number of nitrogens with zero attached hydrogens (tertiary/aromatic N) is 2. The summed E-state index contributed by atoms with van der Waals surface area (Å²) in [7, 11) is 3.34. The molecule has 8 heteroatoms. The van der Waals surface area contributed by atoms with Crippen LogP contribution in [0, 0.1) is 5.82 Å². The first-order valence-electron chi connectivity index (χ1n) is 10.2. The van der Waals surface area contributed by atoms with E-state index in [-0.39, 0.29) is 5.75 Å². The molecule has 3 rings (SSSR count). The first-order valence-corrected chi connectivity index (χ1v) is 10.2. The van der Waals surface area contributed by atoms with Crippen LogP contribution in [0.5, 0.6) is 17.2 Å². The van der Waals surface area contributed by atoms with E-state index in [1.54, 1.807) is 44.6 Å². The van der Waals surface area contributed by atoms with E-state index >= 15 is 0 Å². The van der Waals surface area contributed by atoms with Gasteiger partial charge in [0.25, 0.3) is 0 Å². The second-order valence-corrected chi connectivity index (χ2v) is 6.83. The van der Waals surface area contributed by atoms with Gasteiger partial charge in [-0.05, 0) is 42.0 Å². The molecule has 0 spiro atoms. The molecule has 0 bridgehead atoms. The van der Waals surface area contributed by atoms with Crippen molar-refractivity contribution in [3.8, 4) is 17.2 Å². The number of pyridine rings is 1. The number of halogens is 1. The summed E-state index contributed by atoms with van der Waals surface area (Å²) in [5.41, 5.74) is 1.58. The van der Waals surface area contributed by atoms with E-state index < -0.39 is 5.82 Å². The minimum Gasteiger partial charge on any atom is -0.493 e. The summed E-state index contributed by atoms with van der Waals surface area (Å²) >= 11 is 0. The molecule has 32 heavy (non-hydrogen) atoms. The standard InChI is InChI=1S/C24H27FN4O3/c1-26-24(29-19-6-3-7-20(15-19)31-13-5-12-30-2)28-16-18-9-10-23(22(25)14-18)32-21-8-4-11-27-17-21/h3-4,6-11,14-15,17H,5,12-13,16H2,1-2H3,(H2,26,28,29). The molecule has 0 aliphatic heterocycles. The van der Waals surface area contributed by atoms with Crippen molar-refractivity contribution in [3.63, 3.8) is 0 Å². The zero-order valence-corrected chi connectivity index (χ0v) is 18.2. The lowest BCUT2D eigenvalue weighted by Gasteiger charge is -2.14. The van der Waals surface area contributed by atoms with Crippen LogP contribution in [0.1, 0.15) is 12.0 Å². The third-order valence-corrected chi connectivity index (χ3v) is 4.40. The number of benzene rings is 2. The number of nitrogens with one attached hydrogen (secondary N) is 2. The molecule has 0 saturated carbocycles. The summed E-state index contributed by atoms with van der Waals surface area (Å²) in [6.45, 7) is 1.62. The fourth-order valence-corrected chi connectivity index (χ4v) is 2.83. The van der Waals surface area contributed by atoms with Gasteiger partial charge in [-0.2, -0.15) is 0 Å². The molecule has 7 nitrogen and oxygen atoms in total. The lowest BCUT2D eigenvalue weighted by Crippen LogP contribution is -2.30. The summed E-state index contributed by atoms with van der Waals surface area (Å²) < 4.78 is 30.7. The van der Waals surface area contributed by atoms with Crippen molar-refractivity contribution in [1.29, 1.82) is 0 Å². The predicted molar refractivity (Wildman–Crippen MR) is 123 cm³/mol. The van der Waals surface area contributed by atoms with E-state index in [0.717, 1.165) is 23.4 Å². The van der Waals surface area contributed by atoms with Crippen molar-refractivity contribution < 1.29 is 18.6 Å². The van der Waals surface area contributed by atoms with E-state index in [0.29, 0.717) is 31.5 Å². The number of hydrogen-bond donors (Lipinski definition) is 2. The van der Waals surface area contributed by atoms with Gasteiger partial charge in [-0.25, -0.2) is 4.39 Å². The maximum absolute atomic E-state index is 14.4. The molecule has 2 N–H and O–H groups in total. The minimum atomic E-state index is -0.450. The molecule has 1 aromatic heterocycles. The minimum absolute atomic E-state index is 0.145. The first kappa shape index (κ1) is 23.0. The maximum Gasteiger partial charge on any atom is 0.195 e. The number of anilines is 1. The topological polar surface area (TPSA) is 77.0 Å². The van der Waals surface area contributed by atoms with Crippen molar-refractivity contribution in [1.82, 2.24) is 10.3 Å². The molecular formula is C24H27FN4O3. The van der Waals surface area contributed by atoms with Crippen LogP contribution in [0.4, 0.5) is 10.1 Å². The Balaban J connectivity index is 1.53. The lowest BCUT2D eigenvalue weighted by molar-refractivity contribution is 0.172. The molecule has 168 valence electrons. The molecule has 3 aromatic rings. The van der Waals surface area contributed by atoms with Gasteiger partial charge >= 0.3 is 0 Å². The maximum atomic E-state index is 14.4. The summed E-state index contributed by atoms with van der Waals surface area (Å²) in [4.78, 5) is 8.18. The summed E-state index contributed by atoms with van der Waals surface area (Å²) in [5, 5.41) is 6.38. The normalized spacial score (nSPS) is 11.2. The molecule has 0 saturated heterocycles. The Morgan fingerprint density at radius 3 is 2.69 bits per heavy atom. The second kappa shape index (κ2) is 12.3. The van der Waals surface area contributed by atoms with Gasteiger partial charge in [0.15, 0.2) is 17.5 Å². The average Bonchev–Trinajstić information content (AvgIpc) is 2.82. The number of ether oxygens (including phenoxy) is 3. The van der Waals surface area contributed by atoms with E-state index in [1.165, 1.54) is 12.3 Å². The van der Waals surface area contributed by atoms with Gasteiger partial charge in [0, 0.05) is 51.7 Å². The molecule has 0 aliphatic rings. The van der Waals surface area contributed by atoms with Crippen LogP contribution in [0.25, 0.3) is 0 Å². The van der Waals surface area contributed by atoms with Gasteiger partial charge in [-0.1, -0.05) is 12.1 Å². The van der Waals surface area contributed by atoms with Crippen LogP contribution in [0.15, 0.2) is 72.0 Å². The van der Waals surface area contributed by atoms with E-state index in [1.807, 2.05) is 24.3 Å². The fourth-order valence-electron chi connectivity index (χ4n) is 2.83. The number of aliphatic imine (C=N–C) groups is 1. The Morgan fingerprint density at radius 1 is 1.06 bits per heavy atom. The third-order valence-electron chi connectivity index (χ3n) is 4.40. The number of guanidine groups is 1. The van der Waals surface area contributed by atoms with Crippen LogP contribution < -0.4 is 20.1 Å². The van der Waals surface area contributed by atoms with Crippen LogP contribution >= 0.6 is 0 Å². The molecule has 0 radical (unpaired) electrons. The molecular weight excluding hydrogens is 411 g/mol. The van der Waals surface area contributed by atoms with Crippen molar-refractivity contribution in [2.45, 2.75) is 13.0 Å².